The fourth-order valence-corrected chi connectivity index (χ4v) is 3.09. The summed E-state index contributed by atoms with van der Waals surface area (Å²) >= 11 is 0.994. The van der Waals surface area contributed by atoms with Crippen molar-refractivity contribution < 1.29 is 8.42 Å². The van der Waals surface area contributed by atoms with Crippen molar-refractivity contribution in [3.63, 3.8) is 0 Å². The van der Waals surface area contributed by atoms with E-state index in [2.05, 4.69) is 20.0 Å². The molecule has 0 radical (unpaired) electrons. The van der Waals surface area contributed by atoms with E-state index in [1.807, 2.05) is 6.92 Å². The summed E-state index contributed by atoms with van der Waals surface area (Å²) in [6.07, 6.45) is 2.26. The van der Waals surface area contributed by atoms with Crippen molar-refractivity contribution in [2.24, 2.45) is 0 Å². The van der Waals surface area contributed by atoms with Crippen molar-refractivity contribution in [2.45, 2.75) is 24.8 Å². The summed E-state index contributed by atoms with van der Waals surface area (Å²) in [6.45, 7) is 2.85. The third-order valence-corrected chi connectivity index (χ3v) is 4.73. The quantitative estimate of drug-likeness (QED) is 0.707. The van der Waals surface area contributed by atoms with Crippen molar-refractivity contribution in [2.75, 3.05) is 11.9 Å². The van der Waals surface area contributed by atoms with E-state index in [1.54, 1.807) is 11.4 Å². The molecule has 0 saturated carbocycles. The van der Waals surface area contributed by atoms with Crippen molar-refractivity contribution in [3.8, 4) is 0 Å². The van der Waals surface area contributed by atoms with Gasteiger partial charge >= 0.3 is 4.87 Å². The van der Waals surface area contributed by atoms with Crippen molar-refractivity contribution in [3.05, 3.63) is 39.1 Å². The van der Waals surface area contributed by atoms with Crippen LogP contribution in [-0.2, 0) is 16.6 Å². The fraction of sp³-hybridized carbons (Fsp3) is 0.333. The number of hydrogen-bond acceptors (Lipinski definition) is 6. The number of aromatic nitrogens is 2. The monoisotopic (exact) mass is 328 g/mol. The Morgan fingerprint density at radius 3 is 2.76 bits per heavy atom. The number of H-pyrrole nitrogens is 1. The molecule has 0 aromatic carbocycles. The fourth-order valence-electron chi connectivity index (χ4n) is 1.55. The summed E-state index contributed by atoms with van der Waals surface area (Å²) in [7, 11) is -3.64. The van der Waals surface area contributed by atoms with E-state index >= 15 is 0 Å². The number of pyridine rings is 1. The molecule has 2 rings (SSSR count). The second-order valence-corrected chi connectivity index (χ2v) is 6.91. The van der Waals surface area contributed by atoms with Crippen LogP contribution in [0.2, 0.25) is 0 Å². The van der Waals surface area contributed by atoms with Gasteiger partial charge < -0.3 is 10.3 Å². The van der Waals surface area contributed by atoms with E-state index in [0.717, 1.165) is 24.3 Å². The predicted octanol–water partition coefficient (Wildman–Crippen LogP) is 1.13. The highest BCUT2D eigenvalue weighted by atomic mass is 32.2. The average molecular weight is 328 g/mol. The molecule has 2 aromatic heterocycles. The average Bonchev–Trinajstić information content (AvgIpc) is 2.89. The molecule has 2 aromatic rings. The van der Waals surface area contributed by atoms with Crippen LogP contribution in [0.3, 0.4) is 0 Å². The van der Waals surface area contributed by atoms with Crippen LogP contribution < -0.4 is 14.9 Å². The molecule has 7 nitrogen and oxygen atoms in total. The number of aromatic amines is 1. The van der Waals surface area contributed by atoms with Gasteiger partial charge in [-0.3, -0.25) is 4.79 Å². The number of hydrogen-bond donors (Lipinski definition) is 3. The molecule has 0 atom stereocenters. The lowest BCUT2D eigenvalue weighted by atomic mass is 10.4. The van der Waals surface area contributed by atoms with Crippen LogP contribution in [0.1, 0.15) is 19.0 Å². The Labute approximate surface area is 126 Å². The van der Waals surface area contributed by atoms with E-state index in [9.17, 15) is 13.2 Å². The van der Waals surface area contributed by atoms with Gasteiger partial charge in [0.1, 0.15) is 10.7 Å². The highest BCUT2D eigenvalue weighted by Crippen LogP contribution is 2.11. The molecule has 0 saturated heterocycles. The van der Waals surface area contributed by atoms with E-state index in [-0.39, 0.29) is 16.3 Å². The maximum absolute atomic E-state index is 12.1. The van der Waals surface area contributed by atoms with E-state index in [0.29, 0.717) is 11.5 Å². The molecular weight excluding hydrogens is 312 g/mol. The van der Waals surface area contributed by atoms with Gasteiger partial charge in [0.15, 0.2) is 0 Å². The third-order valence-electron chi connectivity index (χ3n) is 2.63. The van der Waals surface area contributed by atoms with Gasteiger partial charge in [0.2, 0.25) is 10.0 Å². The van der Waals surface area contributed by atoms with Gasteiger partial charge in [-0.25, -0.2) is 18.1 Å². The first-order valence-electron chi connectivity index (χ1n) is 6.37. The molecule has 2 heterocycles. The molecule has 0 fully saturated rings. The number of nitrogens with zero attached hydrogens (tertiary/aromatic N) is 1. The molecule has 0 spiro atoms. The summed E-state index contributed by atoms with van der Waals surface area (Å²) < 4.78 is 26.6. The second-order valence-electron chi connectivity index (χ2n) is 4.30. The van der Waals surface area contributed by atoms with Crippen LogP contribution in [0.5, 0.6) is 0 Å². The number of thiazole rings is 1. The SMILES string of the molecule is CCCNc1ccc(S(=O)(=O)NCc2csc(=O)[nH]2)cn1. The third kappa shape index (κ3) is 4.38. The zero-order valence-electron chi connectivity index (χ0n) is 11.4. The van der Waals surface area contributed by atoms with Gasteiger partial charge in [0.05, 0.1) is 6.54 Å². The Bertz CT molecular complexity index is 734. The molecule has 0 aliphatic heterocycles. The van der Waals surface area contributed by atoms with E-state index in [1.165, 1.54) is 12.3 Å². The molecule has 9 heteroatoms. The zero-order valence-corrected chi connectivity index (χ0v) is 13.1. The number of sulfonamides is 1. The van der Waals surface area contributed by atoms with Crippen LogP contribution in [0.4, 0.5) is 5.82 Å². The lowest BCUT2D eigenvalue weighted by Crippen LogP contribution is -2.24. The molecule has 3 N–H and O–H groups in total. The van der Waals surface area contributed by atoms with Crippen molar-refractivity contribution in [1.82, 2.24) is 14.7 Å². The summed E-state index contributed by atoms with van der Waals surface area (Å²) in [5.74, 6) is 0.637. The van der Waals surface area contributed by atoms with Crippen molar-refractivity contribution >= 4 is 27.2 Å². The molecule has 0 amide bonds. The molecule has 0 aliphatic rings. The molecule has 21 heavy (non-hydrogen) atoms. The number of nitrogens with one attached hydrogen (secondary N) is 3. The molecule has 0 unspecified atom stereocenters. The number of anilines is 1. The van der Waals surface area contributed by atoms with Gasteiger partial charge in [-0.05, 0) is 18.6 Å². The molecule has 0 aliphatic carbocycles. The summed E-state index contributed by atoms with van der Waals surface area (Å²) in [4.78, 5) is 17.5. The largest absolute Gasteiger partial charge is 0.370 e. The Hall–Kier alpha value is -1.71. The minimum atomic E-state index is -3.64. The van der Waals surface area contributed by atoms with Crippen LogP contribution in [0.15, 0.2) is 33.4 Å². The maximum Gasteiger partial charge on any atom is 0.304 e. The lowest BCUT2D eigenvalue weighted by molar-refractivity contribution is 0.580. The van der Waals surface area contributed by atoms with Crippen LogP contribution in [0, 0.1) is 0 Å². The minimum Gasteiger partial charge on any atom is -0.370 e. The highest BCUT2D eigenvalue weighted by Gasteiger charge is 2.14. The van der Waals surface area contributed by atoms with Crippen LogP contribution in [0.25, 0.3) is 0 Å². The predicted molar refractivity (Wildman–Crippen MR) is 82.0 cm³/mol. The Kier molecular flexibility index (Phi) is 5.10. The van der Waals surface area contributed by atoms with Gasteiger partial charge in [0.25, 0.3) is 0 Å². The highest BCUT2D eigenvalue weighted by molar-refractivity contribution is 7.89. The first-order valence-corrected chi connectivity index (χ1v) is 8.74. The van der Waals surface area contributed by atoms with E-state index < -0.39 is 10.0 Å². The first kappa shape index (κ1) is 15.7. The minimum absolute atomic E-state index is 0.0386. The van der Waals surface area contributed by atoms with Crippen molar-refractivity contribution in [1.29, 1.82) is 0 Å². The smallest absolute Gasteiger partial charge is 0.304 e. The summed E-state index contributed by atoms with van der Waals surface area (Å²) in [5, 5.41) is 4.65. The molecular formula is C12H16N4O3S2. The Balaban J connectivity index is 2.03. The maximum atomic E-state index is 12.1. The van der Waals surface area contributed by atoms with Crippen LogP contribution >= 0.6 is 11.3 Å². The zero-order chi connectivity index (χ0) is 15.3. The number of rotatable bonds is 7. The van der Waals surface area contributed by atoms with Gasteiger partial charge in [-0.2, -0.15) is 0 Å². The summed E-state index contributed by atoms with van der Waals surface area (Å²) in [6, 6.07) is 3.11. The second kappa shape index (κ2) is 6.83. The van der Waals surface area contributed by atoms with Gasteiger partial charge in [-0.15, -0.1) is 0 Å². The molecule has 114 valence electrons. The Morgan fingerprint density at radius 1 is 1.38 bits per heavy atom. The lowest BCUT2D eigenvalue weighted by Gasteiger charge is -2.07. The van der Waals surface area contributed by atoms with Crippen LogP contribution in [-0.4, -0.2) is 24.9 Å². The van der Waals surface area contributed by atoms with Gasteiger partial charge in [0, 0.05) is 23.8 Å². The van der Waals surface area contributed by atoms with E-state index in [4.69, 9.17) is 0 Å². The standard InChI is InChI=1S/C12H16N4O3S2/c1-2-5-13-11-4-3-10(7-14-11)21(18,19)15-6-9-8-20-12(17)16-9/h3-4,7-8,15H,2,5-6H2,1H3,(H,13,14)(H,16,17). The van der Waals surface area contributed by atoms with Gasteiger partial charge in [-0.1, -0.05) is 18.3 Å². The first-order chi connectivity index (χ1) is 10.0. The Morgan fingerprint density at radius 2 is 2.19 bits per heavy atom. The summed E-state index contributed by atoms with van der Waals surface area (Å²) in [5.41, 5.74) is 0.530. The topological polar surface area (TPSA) is 104 Å². The normalized spacial score (nSPS) is 11.5. The molecule has 0 bridgehead atoms.